The SMILES string of the molecule is Cl.OC[C@@]1(CCCc2ccccc2)CC2C3Cc4ccc(O)c5c4C2(CCN3CC2CC2)C(O5)[C@@H]1O. The first-order valence-corrected chi connectivity index (χ1v) is 13.6. The zero-order valence-corrected chi connectivity index (χ0v) is 21.6. The van der Waals surface area contributed by atoms with Crippen LogP contribution in [-0.2, 0) is 18.3 Å². The molecule has 6 atom stereocenters. The normalized spacial score (nSPS) is 36.1. The molecule has 1 saturated heterocycles. The van der Waals surface area contributed by atoms with E-state index in [1.807, 2.05) is 6.07 Å². The number of piperidine rings is 1. The van der Waals surface area contributed by atoms with Gasteiger partial charge in [0.15, 0.2) is 11.5 Å². The molecule has 6 heteroatoms. The summed E-state index contributed by atoms with van der Waals surface area (Å²) in [6, 6.07) is 14.8. The Labute approximate surface area is 219 Å². The summed E-state index contributed by atoms with van der Waals surface area (Å²) in [6.45, 7) is 2.17. The van der Waals surface area contributed by atoms with Crippen molar-refractivity contribution < 1.29 is 20.1 Å². The summed E-state index contributed by atoms with van der Waals surface area (Å²) >= 11 is 0. The van der Waals surface area contributed by atoms with Crippen LogP contribution in [0.15, 0.2) is 42.5 Å². The quantitative estimate of drug-likeness (QED) is 0.518. The number of phenols is 1. The molecule has 3 aliphatic carbocycles. The summed E-state index contributed by atoms with van der Waals surface area (Å²) < 4.78 is 6.54. The third-order valence-corrected chi connectivity index (χ3v) is 10.3. The zero-order valence-electron chi connectivity index (χ0n) is 20.8. The van der Waals surface area contributed by atoms with Crippen molar-refractivity contribution in [3.05, 3.63) is 59.2 Å². The predicted molar refractivity (Wildman–Crippen MR) is 141 cm³/mol. The van der Waals surface area contributed by atoms with Crippen molar-refractivity contribution in [1.82, 2.24) is 4.90 Å². The molecule has 2 aromatic carbocycles. The van der Waals surface area contributed by atoms with E-state index in [0.29, 0.717) is 17.7 Å². The van der Waals surface area contributed by atoms with Crippen molar-refractivity contribution in [1.29, 1.82) is 0 Å². The number of aliphatic hydroxyl groups is 2. The molecule has 5 aliphatic rings. The number of nitrogens with zero attached hydrogens (tertiary/aromatic N) is 1. The Hall–Kier alpha value is -1.79. The first-order valence-electron chi connectivity index (χ1n) is 13.6. The molecule has 2 bridgehead atoms. The number of aromatic hydroxyl groups is 1. The molecular formula is C30H38ClNO4. The average molecular weight is 512 g/mol. The van der Waals surface area contributed by atoms with Gasteiger partial charge in [-0.2, -0.15) is 0 Å². The number of hydrogen-bond donors (Lipinski definition) is 3. The molecular weight excluding hydrogens is 474 g/mol. The molecule has 194 valence electrons. The van der Waals surface area contributed by atoms with Gasteiger partial charge in [0.05, 0.1) is 12.7 Å². The van der Waals surface area contributed by atoms with Gasteiger partial charge in [-0.3, -0.25) is 4.90 Å². The maximum Gasteiger partial charge on any atom is 0.165 e. The van der Waals surface area contributed by atoms with Crippen LogP contribution in [0.1, 0.15) is 55.2 Å². The molecule has 36 heavy (non-hydrogen) atoms. The van der Waals surface area contributed by atoms with Gasteiger partial charge in [0.25, 0.3) is 0 Å². The van der Waals surface area contributed by atoms with Crippen LogP contribution in [0.2, 0.25) is 0 Å². The van der Waals surface area contributed by atoms with Crippen molar-refractivity contribution in [3.63, 3.8) is 0 Å². The number of ether oxygens (including phenoxy) is 1. The molecule has 0 aromatic heterocycles. The lowest BCUT2D eigenvalue weighted by Gasteiger charge is -2.63. The smallest absolute Gasteiger partial charge is 0.165 e. The maximum absolute atomic E-state index is 11.9. The summed E-state index contributed by atoms with van der Waals surface area (Å²) in [7, 11) is 0. The minimum absolute atomic E-state index is 0. The van der Waals surface area contributed by atoms with Crippen LogP contribution in [0, 0.1) is 17.3 Å². The first kappa shape index (κ1) is 24.5. The summed E-state index contributed by atoms with van der Waals surface area (Å²) in [5.74, 6) is 1.95. The van der Waals surface area contributed by atoms with Crippen molar-refractivity contribution >= 4 is 12.4 Å². The molecule has 0 amide bonds. The van der Waals surface area contributed by atoms with E-state index in [9.17, 15) is 15.3 Å². The second-order valence-corrected chi connectivity index (χ2v) is 12.1. The fraction of sp³-hybridized carbons (Fsp3) is 0.600. The van der Waals surface area contributed by atoms with Gasteiger partial charge in [0.2, 0.25) is 0 Å². The molecule has 2 heterocycles. The van der Waals surface area contributed by atoms with Crippen LogP contribution in [0.4, 0.5) is 0 Å². The van der Waals surface area contributed by atoms with Gasteiger partial charge in [0.1, 0.15) is 6.10 Å². The van der Waals surface area contributed by atoms with Crippen molar-refractivity contribution in [2.75, 3.05) is 19.7 Å². The molecule has 2 saturated carbocycles. The van der Waals surface area contributed by atoms with Gasteiger partial charge in [-0.25, -0.2) is 0 Å². The lowest BCUT2D eigenvalue weighted by Crippen LogP contribution is -2.71. The minimum Gasteiger partial charge on any atom is -0.504 e. The Balaban J connectivity index is 0.00000240. The number of phenolic OH excluding ortho intramolecular Hbond substituents is 1. The summed E-state index contributed by atoms with van der Waals surface area (Å²) in [6.07, 6.45) is 6.92. The van der Waals surface area contributed by atoms with Crippen molar-refractivity contribution in [3.8, 4) is 11.5 Å². The van der Waals surface area contributed by atoms with E-state index in [0.717, 1.165) is 51.0 Å². The fourth-order valence-corrected chi connectivity index (χ4v) is 8.40. The Morgan fingerprint density at radius 1 is 1.08 bits per heavy atom. The van der Waals surface area contributed by atoms with Gasteiger partial charge in [-0.05, 0) is 86.9 Å². The van der Waals surface area contributed by atoms with Gasteiger partial charge in [-0.15, -0.1) is 12.4 Å². The van der Waals surface area contributed by atoms with Crippen molar-refractivity contribution in [2.45, 2.75) is 75.0 Å². The van der Waals surface area contributed by atoms with E-state index in [-0.39, 0.29) is 30.2 Å². The number of aryl methyl sites for hydroxylation is 1. The lowest BCUT2D eigenvalue weighted by molar-refractivity contribution is -0.181. The molecule has 2 aromatic rings. The Bertz CT molecular complexity index is 1120. The van der Waals surface area contributed by atoms with Crippen LogP contribution in [0.3, 0.4) is 0 Å². The Morgan fingerprint density at radius 2 is 1.89 bits per heavy atom. The van der Waals surface area contributed by atoms with Crippen LogP contribution >= 0.6 is 12.4 Å². The number of halogens is 1. The van der Waals surface area contributed by atoms with Crippen LogP contribution in [0.5, 0.6) is 11.5 Å². The number of likely N-dealkylation sites (tertiary alicyclic amines) is 1. The summed E-state index contributed by atoms with van der Waals surface area (Å²) in [5.41, 5.74) is 2.92. The number of hydrogen-bond acceptors (Lipinski definition) is 5. The van der Waals surface area contributed by atoms with E-state index in [2.05, 4.69) is 35.2 Å². The van der Waals surface area contributed by atoms with Crippen LogP contribution in [0.25, 0.3) is 0 Å². The van der Waals surface area contributed by atoms with E-state index >= 15 is 0 Å². The third kappa shape index (κ3) is 3.46. The predicted octanol–water partition coefficient (Wildman–Crippen LogP) is 4.24. The van der Waals surface area contributed by atoms with Gasteiger partial charge in [0, 0.05) is 29.0 Å². The van der Waals surface area contributed by atoms with Crippen LogP contribution in [-0.4, -0.2) is 58.2 Å². The minimum atomic E-state index is -0.757. The van der Waals surface area contributed by atoms with E-state index in [1.165, 1.54) is 36.1 Å². The second-order valence-electron chi connectivity index (χ2n) is 12.1. The standard InChI is InChI=1S/C30H37NO4.ClH/c32-18-29(12-4-7-19-5-2-1-3-6-19)16-22-23-15-21-10-11-24(33)26-25(21)30(22,28(35-26)27(29)34)13-14-31(23)17-20-8-9-20;/h1-3,5-6,10-11,20,22-23,27-28,32-34H,4,7-9,12-18H2;1H/t22?,23?,27-,28?,29+,30?;/m0./s1. The van der Waals surface area contributed by atoms with Gasteiger partial charge < -0.3 is 20.1 Å². The largest absolute Gasteiger partial charge is 0.504 e. The molecule has 2 aliphatic heterocycles. The third-order valence-electron chi connectivity index (χ3n) is 10.3. The number of rotatable bonds is 7. The van der Waals surface area contributed by atoms with E-state index < -0.39 is 17.6 Å². The topological polar surface area (TPSA) is 73.2 Å². The second kappa shape index (κ2) is 8.90. The molecule has 3 fully saturated rings. The highest BCUT2D eigenvalue weighted by atomic mass is 35.5. The maximum atomic E-state index is 11.9. The molecule has 0 radical (unpaired) electrons. The Kier molecular flexibility index (Phi) is 6.07. The highest BCUT2D eigenvalue weighted by Gasteiger charge is 2.70. The molecule has 5 nitrogen and oxygen atoms in total. The number of benzene rings is 2. The highest BCUT2D eigenvalue weighted by molar-refractivity contribution is 5.85. The molecule has 4 unspecified atom stereocenters. The van der Waals surface area contributed by atoms with E-state index in [1.54, 1.807) is 6.07 Å². The molecule has 3 N–H and O–H groups in total. The summed E-state index contributed by atoms with van der Waals surface area (Å²) in [5, 5.41) is 33.5. The van der Waals surface area contributed by atoms with Crippen LogP contribution < -0.4 is 4.74 Å². The highest BCUT2D eigenvalue weighted by Crippen LogP contribution is 2.67. The monoisotopic (exact) mass is 511 g/mol. The average Bonchev–Trinajstić information content (AvgIpc) is 3.62. The lowest BCUT2D eigenvalue weighted by atomic mass is 9.46. The first-order chi connectivity index (χ1) is 17.1. The Morgan fingerprint density at radius 3 is 2.64 bits per heavy atom. The zero-order chi connectivity index (χ0) is 23.8. The molecule has 1 spiro atoms. The summed E-state index contributed by atoms with van der Waals surface area (Å²) in [4.78, 5) is 2.72. The fourth-order valence-electron chi connectivity index (χ4n) is 8.40. The number of aliphatic hydroxyl groups excluding tert-OH is 2. The molecule has 7 rings (SSSR count). The van der Waals surface area contributed by atoms with Crippen molar-refractivity contribution in [2.24, 2.45) is 17.3 Å². The van der Waals surface area contributed by atoms with Gasteiger partial charge in [-0.1, -0.05) is 36.4 Å². The van der Waals surface area contributed by atoms with Gasteiger partial charge >= 0.3 is 0 Å². The van der Waals surface area contributed by atoms with E-state index in [4.69, 9.17) is 4.74 Å².